The molecule has 0 spiro atoms. The first kappa shape index (κ1) is 12.2. The molecule has 5 nitrogen and oxygen atoms in total. The average Bonchev–Trinajstić information content (AvgIpc) is 2.89. The van der Waals surface area contributed by atoms with Crippen LogP contribution in [0.1, 0.15) is 11.3 Å². The maximum atomic E-state index is 8.62. The molecule has 0 fully saturated rings. The van der Waals surface area contributed by atoms with Crippen LogP contribution in [0.5, 0.6) is 5.75 Å². The molecular formula is C15H13N3O2. The number of oxime groups is 1. The van der Waals surface area contributed by atoms with Crippen LogP contribution in [0.2, 0.25) is 0 Å². The Morgan fingerprint density at radius 2 is 2.05 bits per heavy atom. The number of hydrogen-bond donors (Lipinski definition) is 1. The normalized spacial score (nSPS) is 11.2. The lowest BCUT2D eigenvalue weighted by atomic mass is 10.2. The minimum Gasteiger partial charge on any atom is -0.487 e. The van der Waals surface area contributed by atoms with Gasteiger partial charge < -0.3 is 14.3 Å². The summed E-state index contributed by atoms with van der Waals surface area (Å²) in [6.45, 7) is 0.359. The van der Waals surface area contributed by atoms with Crippen molar-refractivity contribution in [3.8, 4) is 5.75 Å². The van der Waals surface area contributed by atoms with Crippen LogP contribution in [0, 0.1) is 0 Å². The molecule has 0 saturated carbocycles. The van der Waals surface area contributed by atoms with Crippen LogP contribution in [0.15, 0.2) is 60.0 Å². The van der Waals surface area contributed by atoms with Gasteiger partial charge in [-0.3, -0.25) is 0 Å². The molecule has 0 bridgehead atoms. The lowest BCUT2D eigenvalue weighted by Gasteiger charge is -2.06. The van der Waals surface area contributed by atoms with Gasteiger partial charge in [0, 0.05) is 18.0 Å². The van der Waals surface area contributed by atoms with E-state index in [1.165, 1.54) is 6.21 Å². The number of aromatic nitrogens is 2. The van der Waals surface area contributed by atoms with Gasteiger partial charge in [0.05, 0.1) is 11.9 Å². The van der Waals surface area contributed by atoms with Gasteiger partial charge in [-0.25, -0.2) is 4.98 Å². The van der Waals surface area contributed by atoms with Crippen LogP contribution >= 0.6 is 0 Å². The number of rotatable bonds is 4. The zero-order valence-corrected chi connectivity index (χ0v) is 10.7. The molecule has 3 rings (SSSR count). The highest BCUT2D eigenvalue weighted by atomic mass is 16.5. The first-order valence-corrected chi connectivity index (χ1v) is 6.19. The van der Waals surface area contributed by atoms with Crippen LogP contribution in [0.3, 0.4) is 0 Å². The van der Waals surface area contributed by atoms with Gasteiger partial charge in [0.25, 0.3) is 0 Å². The predicted octanol–water partition coefficient (Wildman–Crippen LogP) is 2.72. The second-order valence-corrected chi connectivity index (χ2v) is 4.27. The van der Waals surface area contributed by atoms with Crippen molar-refractivity contribution in [2.24, 2.45) is 5.16 Å². The number of fused-ring (bicyclic) bond motifs is 1. The summed E-state index contributed by atoms with van der Waals surface area (Å²) < 4.78 is 7.67. The van der Waals surface area contributed by atoms with E-state index in [1.807, 2.05) is 59.3 Å². The summed E-state index contributed by atoms with van der Waals surface area (Å²) in [4.78, 5) is 4.46. The first-order valence-electron chi connectivity index (χ1n) is 6.19. The molecule has 0 radical (unpaired) electrons. The molecule has 0 aliphatic rings. The highest BCUT2D eigenvalue weighted by Crippen LogP contribution is 2.17. The molecular weight excluding hydrogens is 254 g/mol. The van der Waals surface area contributed by atoms with Crippen molar-refractivity contribution < 1.29 is 9.94 Å². The van der Waals surface area contributed by atoms with Crippen molar-refractivity contribution >= 4 is 11.9 Å². The molecule has 3 aromatic rings. The fourth-order valence-corrected chi connectivity index (χ4v) is 1.99. The van der Waals surface area contributed by atoms with Gasteiger partial charge in [0.15, 0.2) is 0 Å². The Labute approximate surface area is 115 Å². The Morgan fingerprint density at radius 3 is 2.90 bits per heavy atom. The second-order valence-electron chi connectivity index (χ2n) is 4.27. The number of hydrogen-bond acceptors (Lipinski definition) is 4. The zero-order chi connectivity index (χ0) is 13.8. The van der Waals surface area contributed by atoms with E-state index in [2.05, 4.69) is 10.1 Å². The Kier molecular flexibility index (Phi) is 3.33. The van der Waals surface area contributed by atoms with Gasteiger partial charge in [0.2, 0.25) is 0 Å². The van der Waals surface area contributed by atoms with Crippen LogP contribution in [-0.4, -0.2) is 20.8 Å². The van der Waals surface area contributed by atoms with Gasteiger partial charge in [0.1, 0.15) is 18.0 Å². The standard InChI is InChI=1S/C15H13N3O2/c19-16-9-12-5-1-2-6-14(12)20-11-13-10-18-8-4-3-7-15(18)17-13/h1-10,19H,11H2. The fourth-order valence-electron chi connectivity index (χ4n) is 1.99. The highest BCUT2D eigenvalue weighted by molar-refractivity contribution is 5.82. The van der Waals surface area contributed by atoms with Gasteiger partial charge in [-0.2, -0.15) is 0 Å². The molecule has 0 aliphatic heterocycles. The molecule has 20 heavy (non-hydrogen) atoms. The van der Waals surface area contributed by atoms with Crippen molar-refractivity contribution in [3.63, 3.8) is 0 Å². The fraction of sp³-hybridized carbons (Fsp3) is 0.0667. The van der Waals surface area contributed by atoms with Gasteiger partial charge in [-0.05, 0) is 24.3 Å². The smallest absolute Gasteiger partial charge is 0.137 e. The molecule has 1 N–H and O–H groups in total. The second kappa shape index (κ2) is 5.44. The molecule has 0 unspecified atom stereocenters. The van der Waals surface area contributed by atoms with E-state index in [4.69, 9.17) is 9.94 Å². The van der Waals surface area contributed by atoms with E-state index in [-0.39, 0.29) is 0 Å². The molecule has 2 heterocycles. The lowest BCUT2D eigenvalue weighted by Crippen LogP contribution is -1.98. The Morgan fingerprint density at radius 1 is 1.20 bits per heavy atom. The van der Waals surface area contributed by atoms with Crippen molar-refractivity contribution in [1.29, 1.82) is 0 Å². The van der Waals surface area contributed by atoms with Crippen LogP contribution in [-0.2, 0) is 6.61 Å². The third-order valence-electron chi connectivity index (χ3n) is 2.91. The topological polar surface area (TPSA) is 59.1 Å². The minimum atomic E-state index is 0.359. The number of pyridine rings is 1. The SMILES string of the molecule is ON=Cc1ccccc1OCc1cn2ccccc2n1. The highest BCUT2D eigenvalue weighted by Gasteiger charge is 2.04. The summed E-state index contributed by atoms with van der Waals surface area (Å²) in [6, 6.07) is 13.2. The third kappa shape index (κ3) is 2.47. The zero-order valence-electron chi connectivity index (χ0n) is 10.7. The molecule has 2 aromatic heterocycles. The van der Waals surface area contributed by atoms with Gasteiger partial charge in [-0.1, -0.05) is 23.4 Å². The van der Waals surface area contributed by atoms with Crippen LogP contribution < -0.4 is 4.74 Å². The Hall–Kier alpha value is -2.82. The molecule has 0 aliphatic carbocycles. The molecule has 0 saturated heterocycles. The Balaban J connectivity index is 1.79. The lowest BCUT2D eigenvalue weighted by molar-refractivity contribution is 0.300. The first-order chi connectivity index (χ1) is 9.86. The molecule has 0 amide bonds. The van der Waals surface area contributed by atoms with Gasteiger partial charge >= 0.3 is 0 Å². The predicted molar refractivity (Wildman–Crippen MR) is 75.3 cm³/mol. The third-order valence-corrected chi connectivity index (χ3v) is 2.91. The quantitative estimate of drug-likeness (QED) is 0.449. The van der Waals surface area contributed by atoms with Gasteiger partial charge in [-0.15, -0.1) is 0 Å². The van der Waals surface area contributed by atoms with E-state index in [0.717, 1.165) is 16.9 Å². The molecule has 100 valence electrons. The molecule has 1 aromatic carbocycles. The van der Waals surface area contributed by atoms with E-state index >= 15 is 0 Å². The van der Waals surface area contributed by atoms with Crippen molar-refractivity contribution in [3.05, 3.63) is 66.1 Å². The summed E-state index contributed by atoms with van der Waals surface area (Å²) >= 11 is 0. The van der Waals surface area contributed by atoms with Crippen molar-refractivity contribution in [2.45, 2.75) is 6.61 Å². The summed E-state index contributed by atoms with van der Waals surface area (Å²) in [5.74, 6) is 0.655. The monoisotopic (exact) mass is 267 g/mol. The summed E-state index contributed by atoms with van der Waals surface area (Å²) in [5.41, 5.74) is 2.45. The van der Waals surface area contributed by atoms with Crippen molar-refractivity contribution in [2.75, 3.05) is 0 Å². The number of benzene rings is 1. The maximum absolute atomic E-state index is 8.62. The van der Waals surface area contributed by atoms with E-state index in [1.54, 1.807) is 0 Å². The summed E-state index contributed by atoms with van der Waals surface area (Å²) in [7, 11) is 0. The maximum Gasteiger partial charge on any atom is 0.137 e. The number of para-hydroxylation sites is 1. The minimum absolute atomic E-state index is 0.359. The molecule has 0 atom stereocenters. The number of nitrogens with zero attached hydrogens (tertiary/aromatic N) is 3. The average molecular weight is 267 g/mol. The summed E-state index contributed by atoms with van der Waals surface area (Å²) in [6.07, 6.45) is 5.22. The van der Waals surface area contributed by atoms with E-state index in [9.17, 15) is 0 Å². The summed E-state index contributed by atoms with van der Waals surface area (Å²) in [5, 5.41) is 11.7. The van der Waals surface area contributed by atoms with Crippen molar-refractivity contribution in [1.82, 2.24) is 9.38 Å². The van der Waals surface area contributed by atoms with Crippen LogP contribution in [0.4, 0.5) is 0 Å². The number of ether oxygens (including phenoxy) is 1. The Bertz CT molecular complexity index is 716. The van der Waals surface area contributed by atoms with E-state index in [0.29, 0.717) is 12.4 Å². The molecule has 5 heteroatoms. The number of imidazole rings is 1. The van der Waals surface area contributed by atoms with Crippen LogP contribution in [0.25, 0.3) is 5.65 Å². The largest absolute Gasteiger partial charge is 0.487 e. The van der Waals surface area contributed by atoms with E-state index < -0.39 is 0 Å².